The van der Waals surface area contributed by atoms with Crippen molar-refractivity contribution >= 4 is 5.91 Å². The van der Waals surface area contributed by atoms with Crippen LogP contribution in [0.5, 0.6) is 5.75 Å². The fourth-order valence-electron chi connectivity index (χ4n) is 2.83. The molecule has 9 nitrogen and oxygen atoms in total. The molecule has 0 bridgehead atoms. The van der Waals surface area contributed by atoms with Gasteiger partial charge in [0.2, 0.25) is 5.69 Å². The molecule has 0 spiro atoms. The van der Waals surface area contributed by atoms with Crippen molar-refractivity contribution in [2.45, 2.75) is 6.54 Å². The van der Waals surface area contributed by atoms with Gasteiger partial charge in [-0.3, -0.25) is 14.2 Å². The number of nitrogens with zero attached hydrogens (tertiary/aromatic N) is 3. The van der Waals surface area contributed by atoms with Gasteiger partial charge in [0.05, 0.1) is 25.9 Å². The molecule has 1 amide bonds. The molecule has 0 atom stereocenters. The molecule has 1 heterocycles. The molecule has 3 rings (SSSR count). The third-order valence-electron chi connectivity index (χ3n) is 4.42. The van der Waals surface area contributed by atoms with Gasteiger partial charge >= 0.3 is 5.69 Å². The number of rotatable bonds is 8. The molecule has 2 aromatic carbocycles. The molecule has 162 valence electrons. The Hall–Kier alpha value is -3.79. The van der Waals surface area contributed by atoms with Crippen molar-refractivity contribution in [2.75, 3.05) is 27.4 Å². The van der Waals surface area contributed by atoms with E-state index < -0.39 is 28.7 Å². The molecule has 3 aromatic rings. The molecule has 0 unspecified atom stereocenters. The van der Waals surface area contributed by atoms with Crippen molar-refractivity contribution in [3.8, 4) is 11.4 Å². The smallest absolute Gasteiger partial charge is 0.352 e. The van der Waals surface area contributed by atoms with E-state index in [0.29, 0.717) is 17.0 Å². The number of hydrogen-bond donors (Lipinski definition) is 1. The molecule has 1 N–H and O–H groups in total. The summed E-state index contributed by atoms with van der Waals surface area (Å²) in [6, 6.07) is 11.8. The molecule has 0 saturated carbocycles. The Bertz CT molecular complexity index is 1190. The fraction of sp³-hybridized carbons (Fsp3) is 0.238. The lowest BCUT2D eigenvalue weighted by Gasteiger charge is -2.13. The fourth-order valence-corrected chi connectivity index (χ4v) is 2.83. The number of ether oxygens (including phenoxy) is 2. The summed E-state index contributed by atoms with van der Waals surface area (Å²) < 4.78 is 25.1. The van der Waals surface area contributed by atoms with Crippen LogP contribution in [0.2, 0.25) is 0 Å². The summed E-state index contributed by atoms with van der Waals surface area (Å²) in [5.74, 6) is -0.724. The minimum absolute atomic E-state index is 0.159. The maximum absolute atomic E-state index is 13.2. The molecule has 0 fully saturated rings. The highest BCUT2D eigenvalue weighted by Gasteiger charge is 2.20. The summed E-state index contributed by atoms with van der Waals surface area (Å²) in [6.07, 6.45) is 0. The number of nitrogens with one attached hydrogen (secondary N) is 1. The molecule has 31 heavy (non-hydrogen) atoms. The van der Waals surface area contributed by atoms with Crippen LogP contribution in [0.1, 0.15) is 16.1 Å². The van der Waals surface area contributed by atoms with Crippen LogP contribution in [0.3, 0.4) is 0 Å². The number of hydrogen-bond acceptors (Lipinski definition) is 6. The quantitative estimate of drug-likeness (QED) is 0.536. The van der Waals surface area contributed by atoms with Gasteiger partial charge in [0.1, 0.15) is 11.6 Å². The Morgan fingerprint density at radius 1 is 1.13 bits per heavy atom. The first kappa shape index (κ1) is 21.9. The Labute approximate surface area is 176 Å². The summed E-state index contributed by atoms with van der Waals surface area (Å²) in [4.78, 5) is 38.6. The second-order valence-corrected chi connectivity index (χ2v) is 6.51. The Morgan fingerprint density at radius 2 is 1.87 bits per heavy atom. The van der Waals surface area contributed by atoms with Crippen molar-refractivity contribution in [1.29, 1.82) is 0 Å². The number of amides is 1. The van der Waals surface area contributed by atoms with Gasteiger partial charge in [-0.05, 0) is 29.8 Å². The second-order valence-electron chi connectivity index (χ2n) is 6.51. The van der Waals surface area contributed by atoms with Gasteiger partial charge in [-0.2, -0.15) is 9.78 Å². The Balaban J connectivity index is 2.14. The van der Waals surface area contributed by atoms with Crippen molar-refractivity contribution in [2.24, 2.45) is 0 Å². The van der Waals surface area contributed by atoms with E-state index in [-0.39, 0.29) is 19.7 Å². The lowest BCUT2D eigenvalue weighted by atomic mass is 10.2. The zero-order chi connectivity index (χ0) is 22.4. The molecule has 0 radical (unpaired) electrons. The number of carbonyl (C=O) groups excluding carboxylic acids is 1. The van der Waals surface area contributed by atoms with Gasteiger partial charge in [-0.25, -0.2) is 9.18 Å². The van der Waals surface area contributed by atoms with Crippen LogP contribution in [0, 0.1) is 5.82 Å². The number of benzene rings is 2. The lowest BCUT2D eigenvalue weighted by molar-refractivity contribution is 0.0927. The first-order chi connectivity index (χ1) is 14.9. The maximum Gasteiger partial charge on any atom is 0.352 e. The van der Waals surface area contributed by atoms with E-state index in [0.717, 1.165) is 9.25 Å². The van der Waals surface area contributed by atoms with Crippen LogP contribution in [-0.4, -0.2) is 47.6 Å². The number of carbonyl (C=O) groups is 1. The van der Waals surface area contributed by atoms with E-state index >= 15 is 0 Å². The second kappa shape index (κ2) is 9.81. The highest BCUT2D eigenvalue weighted by Crippen LogP contribution is 2.14. The highest BCUT2D eigenvalue weighted by atomic mass is 19.1. The van der Waals surface area contributed by atoms with Crippen molar-refractivity contribution < 1.29 is 18.7 Å². The third kappa shape index (κ3) is 5.04. The number of methoxy groups -OCH3 is 2. The van der Waals surface area contributed by atoms with Crippen LogP contribution < -0.4 is 21.3 Å². The average Bonchev–Trinajstić information content (AvgIpc) is 2.78. The van der Waals surface area contributed by atoms with Gasteiger partial charge in [0.15, 0.2) is 0 Å². The Kier molecular flexibility index (Phi) is 6.93. The van der Waals surface area contributed by atoms with Crippen molar-refractivity contribution in [3.63, 3.8) is 0 Å². The third-order valence-corrected chi connectivity index (χ3v) is 4.42. The standard InChI is InChI=1S/C21H21FN4O5/c1-30-11-10-23-19(27)18-20(28)25(13-14-6-8-15(22)9-7-14)21(29)26(24-18)16-4-3-5-17(12-16)31-2/h3-9,12H,10-11,13H2,1-2H3,(H,23,27). The van der Waals surface area contributed by atoms with Crippen molar-refractivity contribution in [1.82, 2.24) is 19.7 Å². The van der Waals surface area contributed by atoms with Crippen LogP contribution in [-0.2, 0) is 11.3 Å². The first-order valence-electron chi connectivity index (χ1n) is 9.34. The van der Waals surface area contributed by atoms with Gasteiger partial charge < -0.3 is 14.8 Å². The van der Waals surface area contributed by atoms with Crippen molar-refractivity contribution in [3.05, 3.63) is 86.4 Å². The van der Waals surface area contributed by atoms with Crippen LogP contribution in [0.4, 0.5) is 4.39 Å². The molecule has 0 saturated heterocycles. The molecule has 0 aliphatic rings. The van der Waals surface area contributed by atoms with E-state index in [4.69, 9.17) is 9.47 Å². The Morgan fingerprint density at radius 3 is 2.55 bits per heavy atom. The summed E-state index contributed by atoms with van der Waals surface area (Å²) in [6.45, 7) is 0.237. The molecule has 0 aliphatic carbocycles. The maximum atomic E-state index is 13.2. The van der Waals surface area contributed by atoms with Gasteiger partial charge in [-0.15, -0.1) is 0 Å². The van der Waals surface area contributed by atoms with E-state index in [1.54, 1.807) is 24.3 Å². The SMILES string of the molecule is COCCNC(=O)c1nn(-c2cccc(OC)c2)c(=O)n(Cc2ccc(F)cc2)c1=O. The van der Waals surface area contributed by atoms with Gasteiger partial charge in [-0.1, -0.05) is 18.2 Å². The van der Waals surface area contributed by atoms with Crippen LogP contribution in [0.15, 0.2) is 58.1 Å². The molecular weight excluding hydrogens is 407 g/mol. The predicted octanol–water partition coefficient (Wildman–Crippen LogP) is 0.966. The van der Waals surface area contributed by atoms with E-state index in [1.165, 1.54) is 38.5 Å². The molecular formula is C21H21FN4O5. The van der Waals surface area contributed by atoms with Gasteiger partial charge in [0.25, 0.3) is 11.5 Å². The summed E-state index contributed by atoms with van der Waals surface area (Å²) in [5, 5.41) is 6.55. The van der Waals surface area contributed by atoms with E-state index in [2.05, 4.69) is 10.4 Å². The monoisotopic (exact) mass is 428 g/mol. The van der Waals surface area contributed by atoms with Gasteiger partial charge in [0, 0.05) is 19.7 Å². The average molecular weight is 428 g/mol. The summed E-state index contributed by atoms with van der Waals surface area (Å²) in [5.41, 5.74) is -1.25. The molecule has 1 aromatic heterocycles. The predicted molar refractivity (Wildman–Crippen MR) is 110 cm³/mol. The summed E-state index contributed by atoms with van der Waals surface area (Å²) >= 11 is 0. The minimum Gasteiger partial charge on any atom is -0.497 e. The highest BCUT2D eigenvalue weighted by molar-refractivity contribution is 5.91. The zero-order valence-corrected chi connectivity index (χ0v) is 17.0. The lowest BCUT2D eigenvalue weighted by Crippen LogP contribution is -2.46. The molecule has 10 heteroatoms. The number of aromatic nitrogens is 3. The normalized spacial score (nSPS) is 10.7. The number of halogens is 1. The largest absolute Gasteiger partial charge is 0.497 e. The van der Waals surface area contributed by atoms with E-state index in [9.17, 15) is 18.8 Å². The van der Waals surface area contributed by atoms with Crippen LogP contribution in [0.25, 0.3) is 5.69 Å². The minimum atomic E-state index is -0.858. The summed E-state index contributed by atoms with van der Waals surface area (Å²) in [7, 11) is 2.95. The molecule has 0 aliphatic heterocycles. The van der Waals surface area contributed by atoms with E-state index in [1.807, 2.05) is 0 Å². The topological polar surface area (TPSA) is 104 Å². The van der Waals surface area contributed by atoms with Crippen LogP contribution >= 0.6 is 0 Å². The first-order valence-corrected chi connectivity index (χ1v) is 9.34. The zero-order valence-electron chi connectivity index (χ0n) is 17.0.